The van der Waals surface area contributed by atoms with Gasteiger partial charge in [-0.05, 0) is 36.5 Å². The Kier molecular flexibility index (Phi) is 4.92. The molecule has 1 heterocycles. The zero-order valence-electron chi connectivity index (χ0n) is 12.6. The summed E-state index contributed by atoms with van der Waals surface area (Å²) in [4.78, 5) is 5.15. The van der Waals surface area contributed by atoms with E-state index in [0.29, 0.717) is 0 Å². The first-order chi connectivity index (χ1) is 10.3. The molecular weight excluding hydrogens is 260 g/mol. The van der Waals surface area contributed by atoms with Crippen LogP contribution in [0.3, 0.4) is 0 Å². The van der Waals surface area contributed by atoms with Crippen molar-refractivity contribution in [2.24, 2.45) is 5.92 Å². The zero-order valence-corrected chi connectivity index (χ0v) is 12.6. The van der Waals surface area contributed by atoms with Gasteiger partial charge >= 0.3 is 0 Å². The van der Waals surface area contributed by atoms with Crippen LogP contribution in [0.5, 0.6) is 0 Å². The Morgan fingerprint density at radius 1 is 1.10 bits per heavy atom. The van der Waals surface area contributed by atoms with E-state index in [0.717, 1.165) is 18.0 Å². The van der Waals surface area contributed by atoms with Gasteiger partial charge in [-0.3, -0.25) is 4.90 Å². The molecule has 1 saturated heterocycles. The number of piperazine rings is 1. The van der Waals surface area contributed by atoms with E-state index >= 15 is 0 Å². The summed E-state index contributed by atoms with van der Waals surface area (Å²) >= 11 is 0. The molecule has 1 saturated carbocycles. The summed E-state index contributed by atoms with van der Waals surface area (Å²) in [5.41, 5.74) is 2.31. The van der Waals surface area contributed by atoms with E-state index < -0.39 is 0 Å². The van der Waals surface area contributed by atoms with Crippen molar-refractivity contribution in [3.05, 3.63) is 35.4 Å². The van der Waals surface area contributed by atoms with Gasteiger partial charge in [0.2, 0.25) is 0 Å². The van der Waals surface area contributed by atoms with Crippen LogP contribution in [0.2, 0.25) is 0 Å². The first-order valence-corrected chi connectivity index (χ1v) is 7.97. The maximum absolute atomic E-state index is 8.76. The first-order valence-electron chi connectivity index (χ1n) is 7.97. The maximum Gasteiger partial charge on any atom is 0.104 e. The number of hydrogen-bond donors (Lipinski definition) is 1. The monoisotopic (exact) mass is 284 g/mol. The van der Waals surface area contributed by atoms with Crippen molar-refractivity contribution in [1.82, 2.24) is 9.80 Å². The first kappa shape index (κ1) is 14.6. The van der Waals surface area contributed by atoms with Crippen LogP contribution in [0.15, 0.2) is 24.3 Å². The van der Waals surface area contributed by atoms with Gasteiger partial charge < -0.3 is 10.0 Å². The molecule has 1 aliphatic carbocycles. The molecule has 1 aromatic rings. The quantitative estimate of drug-likeness (QED) is 0.850. The Bertz CT molecular complexity index is 520. The number of rotatable bonds is 4. The predicted molar refractivity (Wildman–Crippen MR) is 84.8 cm³/mol. The third-order valence-corrected chi connectivity index (χ3v) is 4.32. The summed E-state index contributed by atoms with van der Waals surface area (Å²) in [5.74, 6) is 6.69. The summed E-state index contributed by atoms with van der Waals surface area (Å²) in [6.07, 6.45) is 2.89. The van der Waals surface area contributed by atoms with Crippen molar-refractivity contribution in [3.8, 4) is 11.8 Å². The standard InChI is InChI=1S/C18H24N2O/c21-12-2-5-16-3-1-4-18(13-16)15-20-10-8-19(9-11-20)14-17-6-7-17/h1,3-4,13,17,21H,6-12,14-15H2. The number of hydrogen-bond acceptors (Lipinski definition) is 3. The van der Waals surface area contributed by atoms with E-state index in [1.165, 1.54) is 51.1 Å². The average molecular weight is 284 g/mol. The van der Waals surface area contributed by atoms with Gasteiger partial charge in [0, 0.05) is 44.8 Å². The number of aliphatic hydroxyl groups is 1. The molecule has 0 radical (unpaired) electrons. The molecule has 3 nitrogen and oxygen atoms in total. The van der Waals surface area contributed by atoms with Gasteiger partial charge in [0.05, 0.1) is 0 Å². The summed E-state index contributed by atoms with van der Waals surface area (Å²) in [5, 5.41) is 8.76. The van der Waals surface area contributed by atoms with E-state index in [9.17, 15) is 0 Å². The van der Waals surface area contributed by atoms with E-state index in [-0.39, 0.29) is 6.61 Å². The SMILES string of the molecule is OCC#Cc1cccc(CN2CCN(CC3CC3)CC2)c1. The van der Waals surface area contributed by atoms with Crippen LogP contribution >= 0.6 is 0 Å². The molecule has 0 aromatic heterocycles. The average Bonchev–Trinajstić information content (AvgIpc) is 3.32. The normalized spacial score (nSPS) is 20.0. The minimum absolute atomic E-state index is 0.0762. The fourth-order valence-electron chi connectivity index (χ4n) is 2.94. The van der Waals surface area contributed by atoms with Gasteiger partial charge in [-0.2, -0.15) is 0 Å². The van der Waals surface area contributed by atoms with Gasteiger partial charge in [-0.15, -0.1) is 0 Å². The summed E-state index contributed by atoms with van der Waals surface area (Å²) < 4.78 is 0. The minimum Gasteiger partial charge on any atom is -0.384 e. The smallest absolute Gasteiger partial charge is 0.104 e. The second-order valence-electron chi connectivity index (χ2n) is 6.18. The molecule has 112 valence electrons. The minimum atomic E-state index is -0.0762. The summed E-state index contributed by atoms with van der Waals surface area (Å²) in [7, 11) is 0. The van der Waals surface area contributed by atoms with Crippen LogP contribution in [0.25, 0.3) is 0 Å². The second kappa shape index (κ2) is 7.09. The van der Waals surface area contributed by atoms with E-state index in [1.54, 1.807) is 0 Å². The molecule has 21 heavy (non-hydrogen) atoms. The van der Waals surface area contributed by atoms with Crippen molar-refractivity contribution >= 4 is 0 Å². The lowest BCUT2D eigenvalue weighted by molar-refractivity contribution is 0.123. The van der Waals surface area contributed by atoms with Crippen molar-refractivity contribution in [2.45, 2.75) is 19.4 Å². The van der Waals surface area contributed by atoms with E-state index in [1.807, 2.05) is 6.07 Å². The molecule has 1 aromatic carbocycles. The molecule has 2 aliphatic rings. The van der Waals surface area contributed by atoms with Gasteiger partial charge in [0.1, 0.15) is 6.61 Å². The molecule has 3 rings (SSSR count). The Labute approximate surface area is 127 Å². The lowest BCUT2D eigenvalue weighted by Crippen LogP contribution is -2.46. The lowest BCUT2D eigenvalue weighted by atomic mass is 10.1. The molecule has 1 N–H and O–H groups in total. The van der Waals surface area contributed by atoms with Gasteiger partial charge in [0.25, 0.3) is 0 Å². The predicted octanol–water partition coefficient (Wildman–Crippen LogP) is 1.56. The molecule has 0 atom stereocenters. The van der Waals surface area contributed by atoms with Gasteiger partial charge in [-0.25, -0.2) is 0 Å². The van der Waals surface area contributed by atoms with Crippen LogP contribution in [0.4, 0.5) is 0 Å². The molecule has 0 unspecified atom stereocenters. The topological polar surface area (TPSA) is 26.7 Å². The maximum atomic E-state index is 8.76. The third kappa shape index (κ3) is 4.57. The van der Waals surface area contributed by atoms with Crippen LogP contribution < -0.4 is 0 Å². The van der Waals surface area contributed by atoms with Crippen molar-refractivity contribution in [1.29, 1.82) is 0 Å². The molecule has 0 bridgehead atoms. The summed E-state index contributed by atoms with van der Waals surface area (Å²) in [6.45, 7) is 7.00. The fourth-order valence-corrected chi connectivity index (χ4v) is 2.94. The zero-order chi connectivity index (χ0) is 14.5. The van der Waals surface area contributed by atoms with Crippen molar-refractivity contribution in [3.63, 3.8) is 0 Å². The highest BCUT2D eigenvalue weighted by molar-refractivity contribution is 5.37. The number of benzene rings is 1. The molecule has 3 heteroatoms. The largest absolute Gasteiger partial charge is 0.384 e. The highest BCUT2D eigenvalue weighted by Crippen LogP contribution is 2.29. The summed E-state index contributed by atoms with van der Waals surface area (Å²) in [6, 6.07) is 8.36. The Morgan fingerprint density at radius 3 is 2.57 bits per heavy atom. The van der Waals surface area contributed by atoms with Gasteiger partial charge in [-0.1, -0.05) is 24.0 Å². The Morgan fingerprint density at radius 2 is 1.86 bits per heavy atom. The molecular formula is C18H24N2O. The molecule has 2 fully saturated rings. The van der Waals surface area contributed by atoms with Crippen LogP contribution in [0, 0.1) is 17.8 Å². The van der Waals surface area contributed by atoms with Gasteiger partial charge in [0.15, 0.2) is 0 Å². The highest BCUT2D eigenvalue weighted by atomic mass is 16.2. The third-order valence-electron chi connectivity index (χ3n) is 4.32. The van der Waals surface area contributed by atoms with Crippen molar-refractivity contribution < 1.29 is 5.11 Å². The lowest BCUT2D eigenvalue weighted by Gasteiger charge is -2.34. The Hall–Kier alpha value is -1.34. The second-order valence-corrected chi connectivity index (χ2v) is 6.18. The number of aliphatic hydroxyl groups excluding tert-OH is 1. The fraction of sp³-hybridized carbons (Fsp3) is 0.556. The number of nitrogens with zero attached hydrogens (tertiary/aromatic N) is 2. The molecule has 0 amide bonds. The molecule has 1 aliphatic heterocycles. The Balaban J connectivity index is 1.50. The highest BCUT2D eigenvalue weighted by Gasteiger charge is 2.26. The van der Waals surface area contributed by atoms with E-state index in [4.69, 9.17) is 5.11 Å². The van der Waals surface area contributed by atoms with Crippen LogP contribution in [0.1, 0.15) is 24.0 Å². The van der Waals surface area contributed by atoms with Crippen LogP contribution in [-0.4, -0.2) is 54.2 Å². The molecule has 0 spiro atoms. The van der Waals surface area contributed by atoms with Crippen molar-refractivity contribution in [2.75, 3.05) is 39.3 Å². The van der Waals surface area contributed by atoms with E-state index in [2.05, 4.69) is 39.8 Å². The van der Waals surface area contributed by atoms with Crippen LogP contribution in [-0.2, 0) is 6.54 Å².